The van der Waals surface area contributed by atoms with Gasteiger partial charge in [0, 0.05) is 39.4 Å². The van der Waals surface area contributed by atoms with Crippen molar-refractivity contribution in [2.75, 3.05) is 31.6 Å². The molecule has 0 spiro atoms. The van der Waals surface area contributed by atoms with Crippen molar-refractivity contribution >= 4 is 16.7 Å². The maximum atomic E-state index is 12.1. The van der Waals surface area contributed by atoms with E-state index in [1.807, 2.05) is 18.2 Å². The van der Waals surface area contributed by atoms with Crippen LogP contribution >= 0.6 is 0 Å². The summed E-state index contributed by atoms with van der Waals surface area (Å²) in [6.45, 7) is 6.26. The first-order valence-corrected chi connectivity index (χ1v) is 9.86. The fourth-order valence-electron chi connectivity index (χ4n) is 3.54. The van der Waals surface area contributed by atoms with Crippen molar-refractivity contribution in [3.63, 3.8) is 0 Å². The Morgan fingerprint density at radius 1 is 1.03 bits per heavy atom. The SMILES string of the molecule is Cc1cccc(C)c1NCCNCC(O)COc1cccc2c1n(C)c(=O)n2C. The summed E-state index contributed by atoms with van der Waals surface area (Å²) in [4.78, 5) is 12.1. The molecule has 1 unspecified atom stereocenters. The number of anilines is 1. The fourth-order valence-corrected chi connectivity index (χ4v) is 3.54. The molecule has 29 heavy (non-hydrogen) atoms. The van der Waals surface area contributed by atoms with Crippen molar-refractivity contribution in [1.82, 2.24) is 14.5 Å². The van der Waals surface area contributed by atoms with Gasteiger partial charge >= 0.3 is 5.69 Å². The zero-order chi connectivity index (χ0) is 21.0. The Morgan fingerprint density at radius 3 is 2.45 bits per heavy atom. The number of hydrogen-bond acceptors (Lipinski definition) is 5. The van der Waals surface area contributed by atoms with Crippen molar-refractivity contribution in [2.45, 2.75) is 20.0 Å². The minimum Gasteiger partial charge on any atom is -0.489 e. The molecular formula is C22H30N4O3. The van der Waals surface area contributed by atoms with E-state index in [2.05, 4.69) is 42.7 Å². The molecule has 7 heteroatoms. The molecule has 1 heterocycles. The molecule has 0 radical (unpaired) electrons. The molecule has 0 saturated carbocycles. The smallest absolute Gasteiger partial charge is 0.328 e. The van der Waals surface area contributed by atoms with Crippen LogP contribution in [0.5, 0.6) is 5.75 Å². The topological polar surface area (TPSA) is 80.4 Å². The third kappa shape index (κ3) is 4.63. The second kappa shape index (κ2) is 9.15. The number of rotatable bonds is 9. The Bertz CT molecular complexity index is 1020. The van der Waals surface area contributed by atoms with Crippen LogP contribution in [-0.2, 0) is 14.1 Å². The number of nitrogens with one attached hydrogen (secondary N) is 2. The Morgan fingerprint density at radius 2 is 1.72 bits per heavy atom. The number of ether oxygens (including phenoxy) is 1. The van der Waals surface area contributed by atoms with Gasteiger partial charge in [-0.25, -0.2) is 4.79 Å². The molecule has 0 saturated heterocycles. The quantitative estimate of drug-likeness (QED) is 0.480. The molecule has 1 atom stereocenters. The van der Waals surface area contributed by atoms with Crippen molar-refractivity contribution < 1.29 is 9.84 Å². The zero-order valence-electron chi connectivity index (χ0n) is 17.5. The monoisotopic (exact) mass is 398 g/mol. The van der Waals surface area contributed by atoms with Crippen LogP contribution in [0.25, 0.3) is 11.0 Å². The van der Waals surface area contributed by atoms with E-state index in [4.69, 9.17) is 4.74 Å². The Hall–Kier alpha value is -2.77. The number of aryl methyl sites for hydroxylation is 4. The summed E-state index contributed by atoms with van der Waals surface area (Å²) >= 11 is 0. The molecule has 0 bridgehead atoms. The van der Waals surface area contributed by atoms with Crippen molar-refractivity contribution in [1.29, 1.82) is 0 Å². The van der Waals surface area contributed by atoms with Gasteiger partial charge in [-0.1, -0.05) is 24.3 Å². The summed E-state index contributed by atoms with van der Waals surface area (Å²) in [7, 11) is 3.46. The van der Waals surface area contributed by atoms with Gasteiger partial charge < -0.3 is 20.5 Å². The highest BCUT2D eigenvalue weighted by atomic mass is 16.5. The molecule has 3 N–H and O–H groups in total. The maximum Gasteiger partial charge on any atom is 0.328 e. The number of fused-ring (bicyclic) bond motifs is 1. The van der Waals surface area contributed by atoms with Crippen LogP contribution in [0.15, 0.2) is 41.2 Å². The number of nitrogens with zero attached hydrogens (tertiary/aromatic N) is 2. The molecule has 7 nitrogen and oxygen atoms in total. The van der Waals surface area contributed by atoms with E-state index in [1.54, 1.807) is 23.2 Å². The molecule has 3 aromatic rings. The highest BCUT2D eigenvalue weighted by Crippen LogP contribution is 2.24. The van der Waals surface area contributed by atoms with E-state index in [1.165, 1.54) is 16.8 Å². The first kappa shape index (κ1) is 21.0. The van der Waals surface area contributed by atoms with Gasteiger partial charge in [0.05, 0.1) is 5.52 Å². The zero-order valence-corrected chi connectivity index (χ0v) is 17.5. The summed E-state index contributed by atoms with van der Waals surface area (Å²) in [6.07, 6.45) is -0.647. The van der Waals surface area contributed by atoms with E-state index in [0.29, 0.717) is 12.3 Å². The average Bonchev–Trinajstić information content (AvgIpc) is 2.93. The average molecular weight is 399 g/mol. The van der Waals surface area contributed by atoms with Gasteiger partial charge in [0.15, 0.2) is 0 Å². The second-order valence-electron chi connectivity index (χ2n) is 7.39. The largest absolute Gasteiger partial charge is 0.489 e. The lowest BCUT2D eigenvalue weighted by Crippen LogP contribution is -2.34. The van der Waals surface area contributed by atoms with Crippen LogP contribution in [0.1, 0.15) is 11.1 Å². The number of aliphatic hydroxyl groups excluding tert-OH is 1. The summed E-state index contributed by atoms with van der Waals surface area (Å²) in [5.41, 5.74) is 5.05. The van der Waals surface area contributed by atoms with E-state index in [9.17, 15) is 9.90 Å². The van der Waals surface area contributed by atoms with Crippen molar-refractivity contribution in [3.8, 4) is 5.75 Å². The molecule has 0 aliphatic heterocycles. The van der Waals surface area contributed by atoms with Crippen LogP contribution in [0.4, 0.5) is 5.69 Å². The Kier molecular flexibility index (Phi) is 6.61. The molecule has 3 rings (SSSR count). The van der Waals surface area contributed by atoms with Crippen LogP contribution in [0, 0.1) is 13.8 Å². The molecule has 0 amide bonds. The molecule has 1 aromatic heterocycles. The van der Waals surface area contributed by atoms with Gasteiger partial charge in [0.2, 0.25) is 0 Å². The third-order valence-corrected chi connectivity index (χ3v) is 5.14. The predicted octanol–water partition coefficient (Wildman–Crippen LogP) is 1.94. The predicted molar refractivity (Wildman–Crippen MR) is 117 cm³/mol. The van der Waals surface area contributed by atoms with E-state index in [-0.39, 0.29) is 12.3 Å². The van der Waals surface area contributed by atoms with Gasteiger partial charge in [-0.2, -0.15) is 0 Å². The van der Waals surface area contributed by atoms with Crippen LogP contribution in [-0.4, -0.2) is 46.6 Å². The number of aliphatic hydroxyl groups is 1. The lowest BCUT2D eigenvalue weighted by molar-refractivity contribution is 0.107. The van der Waals surface area contributed by atoms with E-state index in [0.717, 1.165) is 24.1 Å². The molecule has 156 valence electrons. The normalized spacial score (nSPS) is 12.3. The van der Waals surface area contributed by atoms with Gasteiger partial charge in [0.25, 0.3) is 0 Å². The molecule has 0 fully saturated rings. The first-order chi connectivity index (χ1) is 13.9. The summed E-state index contributed by atoms with van der Waals surface area (Å²) in [5.74, 6) is 0.596. The first-order valence-electron chi connectivity index (χ1n) is 9.86. The van der Waals surface area contributed by atoms with Crippen LogP contribution < -0.4 is 21.1 Å². The molecule has 2 aromatic carbocycles. The fraction of sp³-hybridized carbons (Fsp3) is 0.409. The highest BCUT2D eigenvalue weighted by Gasteiger charge is 2.13. The van der Waals surface area contributed by atoms with Crippen LogP contribution in [0.2, 0.25) is 0 Å². The van der Waals surface area contributed by atoms with Gasteiger partial charge in [-0.05, 0) is 37.1 Å². The number of para-hydroxylation sites is 2. The lowest BCUT2D eigenvalue weighted by Gasteiger charge is -2.15. The highest BCUT2D eigenvalue weighted by molar-refractivity contribution is 5.82. The lowest BCUT2D eigenvalue weighted by atomic mass is 10.1. The molecule has 0 aliphatic rings. The summed E-state index contributed by atoms with van der Waals surface area (Å²) < 4.78 is 8.96. The van der Waals surface area contributed by atoms with Gasteiger partial charge in [-0.3, -0.25) is 9.13 Å². The minimum atomic E-state index is -0.647. The Balaban J connectivity index is 1.46. The Labute approximate surface area is 170 Å². The maximum absolute atomic E-state index is 12.1. The minimum absolute atomic E-state index is 0.102. The summed E-state index contributed by atoms with van der Waals surface area (Å²) in [5, 5.41) is 16.9. The van der Waals surface area contributed by atoms with E-state index < -0.39 is 6.10 Å². The number of benzene rings is 2. The number of aromatic nitrogens is 2. The number of imidazole rings is 1. The third-order valence-electron chi connectivity index (χ3n) is 5.14. The number of hydrogen-bond donors (Lipinski definition) is 3. The van der Waals surface area contributed by atoms with E-state index >= 15 is 0 Å². The van der Waals surface area contributed by atoms with Crippen LogP contribution in [0.3, 0.4) is 0 Å². The summed E-state index contributed by atoms with van der Waals surface area (Å²) in [6, 6.07) is 11.8. The van der Waals surface area contributed by atoms with Crippen molar-refractivity contribution in [3.05, 3.63) is 58.0 Å². The standard InChI is InChI=1S/C22H30N4O3/c1-15-7-5-8-16(2)20(15)24-12-11-23-13-17(27)14-29-19-10-6-9-18-21(19)26(4)22(28)25(18)3/h5-10,17,23-24,27H,11-14H2,1-4H3. The van der Waals surface area contributed by atoms with Gasteiger partial charge in [-0.15, -0.1) is 0 Å². The molecule has 0 aliphatic carbocycles. The second-order valence-corrected chi connectivity index (χ2v) is 7.39. The van der Waals surface area contributed by atoms with Crippen molar-refractivity contribution in [2.24, 2.45) is 14.1 Å². The van der Waals surface area contributed by atoms with Gasteiger partial charge in [0.1, 0.15) is 24.0 Å². The molecular weight excluding hydrogens is 368 g/mol.